The van der Waals surface area contributed by atoms with E-state index >= 15 is 4.79 Å². The Morgan fingerprint density at radius 2 is 1.65 bits per heavy atom. The molecule has 2 bridgehead atoms. The molecule has 0 amide bonds. The van der Waals surface area contributed by atoms with Crippen LogP contribution < -0.4 is 0 Å². The average molecular weight is 701 g/mol. The van der Waals surface area contributed by atoms with E-state index < -0.39 is 96.8 Å². The molecule has 12 nitrogen and oxygen atoms in total. The molecule has 1 spiro atoms. The number of carbonyl (C=O) groups excluding carboxylic acids is 4. The zero-order valence-corrected chi connectivity index (χ0v) is 30.4. The predicted octanol–water partition coefficient (Wildman–Crippen LogP) is 4.26. The maximum atomic E-state index is 15.3. The fourth-order valence-corrected chi connectivity index (χ4v) is 12.8. The highest BCUT2D eigenvalue weighted by Crippen LogP contribution is 2.67. The lowest BCUT2D eigenvalue weighted by Gasteiger charge is -2.68. The first kappa shape index (κ1) is 35.7. The van der Waals surface area contributed by atoms with Gasteiger partial charge in [0, 0.05) is 18.8 Å². The Balaban J connectivity index is 1.71. The molecule has 0 aromatic heterocycles. The molecule has 2 N–H and O–H groups in total. The first-order valence-corrected chi connectivity index (χ1v) is 19.8. The van der Waals surface area contributed by atoms with E-state index in [-0.39, 0.29) is 29.7 Å². The van der Waals surface area contributed by atoms with Crippen molar-refractivity contribution in [3.63, 3.8) is 0 Å². The number of Topliss-reactive ketones (excluding diaryl/α,β-unsaturated/α-hetero) is 1. The minimum absolute atomic E-state index is 0.136. The highest BCUT2D eigenvalue weighted by atomic mass is 28.4. The van der Waals surface area contributed by atoms with Crippen LogP contribution in [-0.4, -0.2) is 96.8 Å². The van der Waals surface area contributed by atoms with Crippen LogP contribution in [0.3, 0.4) is 0 Å². The third-order valence-electron chi connectivity index (χ3n) is 12.7. The third kappa shape index (κ3) is 4.75. The first-order valence-electron chi connectivity index (χ1n) is 17.3. The topological polar surface area (TPSA) is 164 Å². The molecule has 6 rings (SSSR count). The molecular weight excluding hydrogens is 652 g/mol. The zero-order valence-electron chi connectivity index (χ0n) is 29.4. The van der Waals surface area contributed by atoms with E-state index in [4.69, 9.17) is 28.1 Å². The van der Waals surface area contributed by atoms with Crippen molar-refractivity contribution in [1.29, 1.82) is 0 Å². The van der Waals surface area contributed by atoms with E-state index in [0.717, 1.165) is 18.1 Å². The van der Waals surface area contributed by atoms with Gasteiger partial charge in [0.2, 0.25) is 5.60 Å². The summed E-state index contributed by atoms with van der Waals surface area (Å²) in [5.41, 5.74) is -6.20. The highest BCUT2D eigenvalue weighted by Gasteiger charge is 2.82. The Hall–Kier alpha value is -3.10. The number of fused-ring (bicyclic) bond motifs is 4. The number of aliphatic hydroxyl groups excluding tert-OH is 2. The number of rotatable bonds is 8. The van der Waals surface area contributed by atoms with Gasteiger partial charge in [-0.25, -0.2) is 9.59 Å². The lowest BCUT2D eigenvalue weighted by Crippen LogP contribution is -2.83. The lowest BCUT2D eigenvalue weighted by molar-refractivity contribution is -0.344. The minimum Gasteiger partial charge on any atom is -0.454 e. The summed E-state index contributed by atoms with van der Waals surface area (Å²) in [5, 5.41) is 24.1. The molecule has 0 unspecified atom stereocenters. The van der Waals surface area contributed by atoms with Gasteiger partial charge in [-0.2, -0.15) is 0 Å². The van der Waals surface area contributed by atoms with Crippen LogP contribution in [0.4, 0.5) is 4.79 Å². The van der Waals surface area contributed by atoms with Gasteiger partial charge in [-0.05, 0) is 55.3 Å². The summed E-state index contributed by atoms with van der Waals surface area (Å²) in [6.07, 6.45) is -8.96. The fourth-order valence-electron chi connectivity index (χ4n) is 9.85. The van der Waals surface area contributed by atoms with Gasteiger partial charge in [-0.15, -0.1) is 0 Å². The van der Waals surface area contributed by atoms with Gasteiger partial charge >= 0.3 is 18.1 Å². The van der Waals surface area contributed by atoms with Crippen molar-refractivity contribution >= 4 is 32.2 Å². The molecule has 49 heavy (non-hydrogen) atoms. The van der Waals surface area contributed by atoms with Crippen molar-refractivity contribution in [2.24, 2.45) is 16.7 Å². The van der Waals surface area contributed by atoms with Gasteiger partial charge in [0.25, 0.3) is 0 Å². The van der Waals surface area contributed by atoms with Crippen molar-refractivity contribution < 1.29 is 57.5 Å². The molecule has 10 atom stereocenters. The summed E-state index contributed by atoms with van der Waals surface area (Å²) in [7, 11) is -2.49. The Labute approximate surface area is 287 Å². The number of hydrogen-bond donors (Lipinski definition) is 2. The Bertz CT molecular complexity index is 1560. The average Bonchev–Trinajstić information content (AvgIpc) is 3.44. The maximum absolute atomic E-state index is 15.3. The Morgan fingerprint density at radius 3 is 2.20 bits per heavy atom. The Morgan fingerprint density at radius 1 is 1.02 bits per heavy atom. The van der Waals surface area contributed by atoms with Crippen LogP contribution in [0.1, 0.15) is 72.2 Å². The zero-order chi connectivity index (χ0) is 35.9. The second-order valence-electron chi connectivity index (χ2n) is 15.0. The second kappa shape index (κ2) is 12.0. The van der Waals surface area contributed by atoms with Gasteiger partial charge in [0.05, 0.1) is 29.6 Å². The largest absolute Gasteiger partial charge is 0.509 e. The molecule has 4 fully saturated rings. The van der Waals surface area contributed by atoms with E-state index in [1.54, 1.807) is 58.0 Å². The Kier molecular flexibility index (Phi) is 8.75. The van der Waals surface area contributed by atoms with Crippen LogP contribution in [0.25, 0.3) is 0 Å². The van der Waals surface area contributed by atoms with Crippen LogP contribution in [0, 0.1) is 16.7 Å². The van der Waals surface area contributed by atoms with Gasteiger partial charge in [0.15, 0.2) is 31.9 Å². The summed E-state index contributed by atoms with van der Waals surface area (Å²) >= 11 is 0. The minimum atomic E-state index is -2.49. The number of ether oxygens (including phenoxy) is 5. The SMILES string of the molecule is CC[Si](CC)(CC)O[C@H]1C[C@H]2OC[C@@]2(OC(C)=O)[C@H]2[C@H](OC(=O)c3ccccc3)[C@]34OC(=O)O[C@@H]3[C@H](O)C(C)=C([C@@H](O)C(=O)[C@]12C)C4(C)C. The summed E-state index contributed by atoms with van der Waals surface area (Å²) in [6.45, 7) is 13.9. The second-order valence-corrected chi connectivity index (χ2v) is 19.7. The van der Waals surface area contributed by atoms with Gasteiger partial charge in [0.1, 0.15) is 18.3 Å². The van der Waals surface area contributed by atoms with Crippen molar-refractivity contribution in [3.8, 4) is 0 Å². The number of benzene rings is 1. The monoisotopic (exact) mass is 700 g/mol. The smallest absolute Gasteiger partial charge is 0.454 e. The normalized spacial score (nSPS) is 39.2. The van der Waals surface area contributed by atoms with E-state index in [9.17, 15) is 24.6 Å². The first-order chi connectivity index (χ1) is 23.0. The van der Waals surface area contributed by atoms with Crippen LogP contribution in [0.5, 0.6) is 0 Å². The molecule has 2 saturated heterocycles. The molecule has 2 aliphatic heterocycles. The van der Waals surface area contributed by atoms with E-state index in [1.165, 1.54) is 6.92 Å². The third-order valence-corrected chi connectivity index (χ3v) is 17.4. The molecule has 5 aliphatic rings. The quantitative estimate of drug-likeness (QED) is 0.172. The molecule has 3 aliphatic carbocycles. The van der Waals surface area contributed by atoms with E-state index in [0.29, 0.717) is 0 Å². The predicted molar refractivity (Wildman–Crippen MR) is 176 cm³/mol. The number of esters is 2. The molecule has 13 heteroatoms. The van der Waals surface area contributed by atoms with Crippen molar-refractivity contribution in [2.75, 3.05) is 6.61 Å². The summed E-state index contributed by atoms with van der Waals surface area (Å²) in [5.74, 6) is -3.39. The number of hydrogen-bond acceptors (Lipinski definition) is 12. The number of ketones is 1. The molecular formula is C36H48O12Si. The number of aliphatic hydroxyl groups is 2. The van der Waals surface area contributed by atoms with Crippen molar-refractivity contribution in [2.45, 2.75) is 128 Å². The molecule has 1 aromatic carbocycles. The van der Waals surface area contributed by atoms with Gasteiger partial charge < -0.3 is 38.3 Å². The van der Waals surface area contributed by atoms with E-state index in [2.05, 4.69) is 20.8 Å². The molecule has 1 aromatic rings. The molecule has 2 saturated carbocycles. The highest BCUT2D eigenvalue weighted by molar-refractivity contribution is 6.73. The van der Waals surface area contributed by atoms with Crippen LogP contribution in [0.2, 0.25) is 18.1 Å². The molecule has 0 radical (unpaired) electrons. The summed E-state index contributed by atoms with van der Waals surface area (Å²) in [4.78, 5) is 55.9. The summed E-state index contributed by atoms with van der Waals surface area (Å²) < 4.78 is 38.0. The van der Waals surface area contributed by atoms with E-state index in [1.807, 2.05) is 0 Å². The van der Waals surface area contributed by atoms with Crippen LogP contribution in [0.15, 0.2) is 41.5 Å². The molecule has 268 valence electrons. The lowest BCUT2D eigenvalue weighted by atomic mass is 9.44. The number of carbonyl (C=O) groups is 4. The fraction of sp³-hybridized carbons (Fsp3) is 0.667. The standard InChI is InChI=1S/C36H48O12Si/c1-9-49(10-2,11-3)48-22-17-23-35(18-43-23,46-20(5)37)27-30(44-31(41)21-15-13-12-14-16-21)36-29(45-32(42)47-36)25(38)19(4)24(33(36,6)7)26(39)28(40)34(22,27)8/h12-16,22-23,25-27,29-30,38-39H,9-11,17-18H2,1-8H3/t22-,23+,25+,26+,27-,29+,30-,34+,35-,36+/m0/s1. The maximum Gasteiger partial charge on any atom is 0.509 e. The summed E-state index contributed by atoms with van der Waals surface area (Å²) in [6, 6.07) is 10.5. The van der Waals surface area contributed by atoms with Crippen molar-refractivity contribution in [3.05, 3.63) is 47.0 Å². The molecule has 2 heterocycles. The van der Waals surface area contributed by atoms with Crippen LogP contribution >= 0.6 is 0 Å². The van der Waals surface area contributed by atoms with Gasteiger partial charge in [-0.1, -0.05) is 52.8 Å². The van der Waals surface area contributed by atoms with Gasteiger partial charge in [-0.3, -0.25) is 9.59 Å². The van der Waals surface area contributed by atoms with Crippen LogP contribution in [-0.2, 0) is 37.7 Å². The van der Waals surface area contributed by atoms with Crippen molar-refractivity contribution in [1.82, 2.24) is 0 Å².